The van der Waals surface area contributed by atoms with E-state index in [1.807, 2.05) is 0 Å². The van der Waals surface area contributed by atoms with Gasteiger partial charge in [-0.15, -0.1) is 0 Å². The number of benzene rings is 2. The molecule has 1 amide bonds. The van der Waals surface area contributed by atoms with Gasteiger partial charge >= 0.3 is 0 Å². The van der Waals surface area contributed by atoms with Crippen LogP contribution in [0.15, 0.2) is 53.4 Å². The highest BCUT2D eigenvalue weighted by atomic mass is 32.2. The first-order chi connectivity index (χ1) is 13.5. The fraction of sp³-hybridized carbons (Fsp3) is 0.316. The highest BCUT2D eigenvalue weighted by molar-refractivity contribution is 7.89. The molecule has 150 valence electrons. The number of carbonyl (C=O) groups excluding carboxylic acids is 1. The Morgan fingerprint density at radius 3 is 2.46 bits per heavy atom. The third kappa shape index (κ3) is 4.80. The minimum absolute atomic E-state index is 0.181. The number of para-hydroxylation sites is 2. The lowest BCUT2D eigenvalue weighted by Crippen LogP contribution is -2.40. The molecule has 9 heteroatoms. The minimum Gasteiger partial charge on any atom is -0.495 e. The van der Waals surface area contributed by atoms with Gasteiger partial charge in [-0.25, -0.2) is 8.42 Å². The Hall–Kier alpha value is -2.62. The van der Waals surface area contributed by atoms with Crippen LogP contribution in [-0.2, 0) is 19.6 Å². The summed E-state index contributed by atoms with van der Waals surface area (Å²) < 4.78 is 42.4. The van der Waals surface area contributed by atoms with Crippen LogP contribution in [0.3, 0.4) is 0 Å². The molecule has 0 spiro atoms. The molecule has 0 aromatic heterocycles. The quantitative estimate of drug-likeness (QED) is 0.753. The summed E-state index contributed by atoms with van der Waals surface area (Å²) in [7, 11) is -2.03. The lowest BCUT2D eigenvalue weighted by atomic mass is 10.3. The molecule has 8 nitrogen and oxygen atoms in total. The summed E-state index contributed by atoms with van der Waals surface area (Å²) in [6.07, 6.45) is 0. The topological polar surface area (TPSA) is 94.2 Å². The van der Waals surface area contributed by atoms with Crippen LogP contribution in [0.4, 0.5) is 5.69 Å². The standard InChI is InChI=1S/C19H22N2O6S/c1-25-18-5-3-2-4-17(18)20-19(22)14-27-15-6-8-16(9-7-15)28(23,24)21-10-12-26-13-11-21/h2-9H,10-14H2,1H3,(H,20,22). The summed E-state index contributed by atoms with van der Waals surface area (Å²) in [5.74, 6) is 0.596. The average molecular weight is 406 g/mol. The SMILES string of the molecule is COc1ccccc1NC(=O)COc1ccc(S(=O)(=O)N2CCOCC2)cc1. The number of nitrogens with zero attached hydrogens (tertiary/aromatic N) is 1. The normalized spacial score (nSPS) is 15.0. The second kappa shape index (κ2) is 9.05. The number of methoxy groups -OCH3 is 1. The van der Waals surface area contributed by atoms with Crippen LogP contribution in [0.25, 0.3) is 0 Å². The molecule has 1 heterocycles. The molecule has 1 aliphatic heterocycles. The molecule has 0 bridgehead atoms. The number of anilines is 1. The summed E-state index contributed by atoms with van der Waals surface area (Å²) >= 11 is 0. The van der Waals surface area contributed by atoms with Gasteiger partial charge in [-0.1, -0.05) is 12.1 Å². The third-order valence-electron chi connectivity index (χ3n) is 4.18. The van der Waals surface area contributed by atoms with Gasteiger partial charge in [0.25, 0.3) is 5.91 Å². The summed E-state index contributed by atoms with van der Waals surface area (Å²) in [6, 6.07) is 13.1. The van der Waals surface area contributed by atoms with E-state index in [2.05, 4.69) is 5.32 Å². The number of carbonyl (C=O) groups is 1. The van der Waals surface area contributed by atoms with Crippen LogP contribution in [0.5, 0.6) is 11.5 Å². The number of sulfonamides is 1. The van der Waals surface area contributed by atoms with Crippen molar-refractivity contribution < 1.29 is 27.4 Å². The third-order valence-corrected chi connectivity index (χ3v) is 6.10. The highest BCUT2D eigenvalue weighted by Gasteiger charge is 2.26. The molecule has 1 fully saturated rings. The van der Waals surface area contributed by atoms with Crippen LogP contribution in [0, 0.1) is 0 Å². The van der Waals surface area contributed by atoms with Gasteiger partial charge in [0.2, 0.25) is 10.0 Å². The summed E-state index contributed by atoms with van der Waals surface area (Å²) in [5.41, 5.74) is 0.547. The van der Waals surface area contributed by atoms with Crippen LogP contribution in [0.1, 0.15) is 0 Å². The maximum absolute atomic E-state index is 12.6. The Morgan fingerprint density at radius 2 is 1.79 bits per heavy atom. The van der Waals surface area contributed by atoms with Gasteiger partial charge in [0.1, 0.15) is 11.5 Å². The largest absolute Gasteiger partial charge is 0.495 e. The van der Waals surface area contributed by atoms with E-state index in [4.69, 9.17) is 14.2 Å². The van der Waals surface area contributed by atoms with Gasteiger partial charge in [0.15, 0.2) is 6.61 Å². The van der Waals surface area contributed by atoms with Crippen molar-refractivity contribution in [3.8, 4) is 11.5 Å². The minimum atomic E-state index is -3.55. The van der Waals surface area contributed by atoms with E-state index in [1.54, 1.807) is 24.3 Å². The van der Waals surface area contributed by atoms with Crippen molar-refractivity contribution in [2.24, 2.45) is 0 Å². The first-order valence-electron chi connectivity index (χ1n) is 8.74. The molecule has 0 aliphatic carbocycles. The predicted molar refractivity (Wildman–Crippen MR) is 103 cm³/mol. The molecule has 28 heavy (non-hydrogen) atoms. The van der Waals surface area contributed by atoms with Crippen molar-refractivity contribution in [3.63, 3.8) is 0 Å². The maximum Gasteiger partial charge on any atom is 0.262 e. The average Bonchev–Trinajstić information content (AvgIpc) is 2.73. The number of hydrogen-bond donors (Lipinski definition) is 1. The Bertz CT molecular complexity index is 908. The van der Waals surface area contributed by atoms with Crippen LogP contribution in [-0.4, -0.2) is 58.7 Å². The highest BCUT2D eigenvalue weighted by Crippen LogP contribution is 2.23. The van der Waals surface area contributed by atoms with E-state index >= 15 is 0 Å². The van der Waals surface area contributed by atoms with E-state index in [9.17, 15) is 13.2 Å². The lowest BCUT2D eigenvalue weighted by molar-refractivity contribution is -0.118. The first-order valence-corrected chi connectivity index (χ1v) is 10.2. The first kappa shape index (κ1) is 20.1. The number of nitrogens with one attached hydrogen (secondary N) is 1. The number of hydrogen-bond acceptors (Lipinski definition) is 6. The van der Waals surface area contributed by atoms with Crippen LogP contribution in [0.2, 0.25) is 0 Å². The zero-order valence-electron chi connectivity index (χ0n) is 15.5. The monoisotopic (exact) mass is 406 g/mol. The molecule has 3 rings (SSSR count). The number of rotatable bonds is 7. The van der Waals surface area contributed by atoms with Crippen molar-refractivity contribution in [1.29, 1.82) is 0 Å². The van der Waals surface area contributed by atoms with Gasteiger partial charge in [0, 0.05) is 13.1 Å². The van der Waals surface area contributed by atoms with Gasteiger partial charge in [-0.05, 0) is 36.4 Å². The van der Waals surface area contributed by atoms with Crippen molar-refractivity contribution in [3.05, 3.63) is 48.5 Å². The Labute approximate surface area is 164 Å². The molecule has 1 N–H and O–H groups in total. The molecule has 0 radical (unpaired) electrons. The van der Waals surface area contributed by atoms with Gasteiger partial charge in [-0.3, -0.25) is 4.79 Å². The van der Waals surface area contributed by atoms with Crippen molar-refractivity contribution in [2.75, 3.05) is 45.3 Å². The maximum atomic E-state index is 12.6. The van der Waals surface area contributed by atoms with E-state index in [1.165, 1.54) is 35.7 Å². The van der Waals surface area contributed by atoms with Crippen molar-refractivity contribution >= 4 is 21.6 Å². The van der Waals surface area contributed by atoms with Crippen molar-refractivity contribution in [2.45, 2.75) is 4.90 Å². The fourth-order valence-electron chi connectivity index (χ4n) is 2.73. The molecule has 1 saturated heterocycles. The Morgan fingerprint density at radius 1 is 1.11 bits per heavy atom. The molecule has 0 atom stereocenters. The molecular weight excluding hydrogens is 384 g/mol. The van der Waals surface area contributed by atoms with Gasteiger partial charge in [-0.2, -0.15) is 4.31 Å². The van der Waals surface area contributed by atoms with Crippen LogP contribution < -0.4 is 14.8 Å². The lowest BCUT2D eigenvalue weighted by Gasteiger charge is -2.26. The number of morpholine rings is 1. The molecule has 2 aromatic carbocycles. The van der Waals surface area contributed by atoms with Gasteiger partial charge < -0.3 is 19.5 Å². The molecule has 1 aliphatic rings. The number of amides is 1. The van der Waals surface area contributed by atoms with E-state index in [-0.39, 0.29) is 17.4 Å². The Kier molecular flexibility index (Phi) is 6.50. The van der Waals surface area contributed by atoms with E-state index in [0.717, 1.165) is 0 Å². The zero-order chi connectivity index (χ0) is 20.0. The smallest absolute Gasteiger partial charge is 0.262 e. The van der Waals surface area contributed by atoms with E-state index in [0.29, 0.717) is 43.5 Å². The predicted octanol–water partition coefficient (Wildman–Crippen LogP) is 1.73. The van der Waals surface area contributed by atoms with Crippen LogP contribution >= 0.6 is 0 Å². The fourth-order valence-corrected chi connectivity index (χ4v) is 4.13. The van der Waals surface area contributed by atoms with Gasteiger partial charge in [0.05, 0.1) is 30.9 Å². The van der Waals surface area contributed by atoms with E-state index < -0.39 is 10.0 Å². The second-order valence-electron chi connectivity index (χ2n) is 6.02. The summed E-state index contributed by atoms with van der Waals surface area (Å²) in [6.45, 7) is 1.24. The molecular formula is C19H22N2O6S. The molecule has 2 aromatic rings. The van der Waals surface area contributed by atoms with Crippen molar-refractivity contribution in [1.82, 2.24) is 4.31 Å². The second-order valence-corrected chi connectivity index (χ2v) is 7.96. The summed E-state index contributed by atoms with van der Waals surface area (Å²) in [5, 5.41) is 2.71. The number of ether oxygens (including phenoxy) is 3. The Balaban J connectivity index is 1.57. The zero-order valence-corrected chi connectivity index (χ0v) is 16.3. The summed E-state index contributed by atoms with van der Waals surface area (Å²) in [4.78, 5) is 12.3. The molecule has 0 unspecified atom stereocenters. The molecule has 0 saturated carbocycles.